The van der Waals surface area contributed by atoms with Gasteiger partial charge in [-0.05, 0) is 35.8 Å². The minimum Gasteiger partial charge on any atom is -0.316 e. The maximum Gasteiger partial charge on any atom is 0.255 e. The van der Waals surface area contributed by atoms with Crippen LogP contribution < -0.4 is 0 Å². The van der Waals surface area contributed by atoms with E-state index in [9.17, 15) is 4.79 Å². The number of terminal acetylenes is 2. The highest BCUT2D eigenvalue weighted by Gasteiger charge is 2.15. The summed E-state index contributed by atoms with van der Waals surface area (Å²) in [7, 11) is 0. The van der Waals surface area contributed by atoms with Gasteiger partial charge in [0.25, 0.3) is 5.91 Å². The van der Waals surface area contributed by atoms with Crippen LogP contribution in [0.3, 0.4) is 0 Å². The molecule has 0 N–H and O–H groups in total. The van der Waals surface area contributed by atoms with Crippen LogP contribution >= 0.6 is 23.5 Å². The van der Waals surface area contributed by atoms with Crippen LogP contribution in [-0.4, -0.2) is 36.4 Å². The van der Waals surface area contributed by atoms with Gasteiger partial charge in [-0.1, -0.05) is 17.9 Å². The number of hydrogen-bond acceptors (Lipinski definition) is 3. The quantitative estimate of drug-likeness (QED) is 0.721. The lowest BCUT2D eigenvalue weighted by molar-refractivity contribution is 0.0796. The molecule has 0 aromatic heterocycles. The van der Waals surface area contributed by atoms with Gasteiger partial charge in [0.1, 0.15) is 0 Å². The maximum absolute atomic E-state index is 12.6. The van der Waals surface area contributed by atoms with Gasteiger partial charge in [-0.2, -0.15) is 23.5 Å². The largest absolute Gasteiger partial charge is 0.316 e. The fourth-order valence-electron chi connectivity index (χ4n) is 1.99. The van der Waals surface area contributed by atoms with E-state index in [4.69, 9.17) is 12.8 Å². The van der Waals surface area contributed by atoms with Gasteiger partial charge in [-0.15, -0.1) is 12.8 Å². The Hall–Kier alpha value is -1.49. The van der Waals surface area contributed by atoms with Gasteiger partial charge in [0.15, 0.2) is 0 Å². The number of carbonyl (C=O) groups is 1. The average Bonchev–Trinajstić information content (AvgIpc) is 2.47. The molecule has 1 amide bonds. The number of benzene rings is 1. The summed E-state index contributed by atoms with van der Waals surface area (Å²) in [6, 6.07) is 6.02. The van der Waals surface area contributed by atoms with E-state index in [0.717, 1.165) is 22.6 Å². The Morgan fingerprint density at radius 3 is 1.90 bits per heavy atom. The molecule has 0 saturated carbocycles. The van der Waals surface area contributed by atoms with Crippen molar-refractivity contribution in [3.63, 3.8) is 0 Å². The smallest absolute Gasteiger partial charge is 0.255 e. The van der Waals surface area contributed by atoms with Crippen molar-refractivity contribution >= 4 is 29.4 Å². The molecule has 21 heavy (non-hydrogen) atoms. The van der Waals surface area contributed by atoms with Crippen LogP contribution in [0.2, 0.25) is 0 Å². The van der Waals surface area contributed by atoms with Crippen molar-refractivity contribution in [2.75, 3.05) is 25.6 Å². The molecule has 0 atom stereocenters. The van der Waals surface area contributed by atoms with Crippen LogP contribution in [0.1, 0.15) is 21.5 Å². The monoisotopic (exact) mass is 317 g/mol. The summed E-state index contributed by atoms with van der Waals surface area (Å²) in [6.45, 7) is 0.460. The Kier molecular flexibility index (Phi) is 7.90. The summed E-state index contributed by atoms with van der Waals surface area (Å²) in [4.78, 5) is 14.1. The first kappa shape index (κ1) is 17.6. The van der Waals surface area contributed by atoms with Crippen molar-refractivity contribution in [2.45, 2.75) is 11.5 Å². The van der Waals surface area contributed by atoms with Crippen LogP contribution in [0.25, 0.3) is 0 Å². The summed E-state index contributed by atoms with van der Waals surface area (Å²) in [5.74, 6) is 6.63. The number of rotatable bonds is 7. The number of amides is 1. The molecular weight excluding hydrogens is 298 g/mol. The molecule has 0 spiro atoms. The third kappa shape index (κ3) is 5.42. The molecule has 0 saturated heterocycles. The van der Waals surface area contributed by atoms with E-state index in [-0.39, 0.29) is 19.0 Å². The van der Waals surface area contributed by atoms with Crippen molar-refractivity contribution in [3.05, 3.63) is 34.9 Å². The zero-order valence-electron chi connectivity index (χ0n) is 12.4. The van der Waals surface area contributed by atoms with Gasteiger partial charge in [-0.3, -0.25) is 4.79 Å². The summed E-state index contributed by atoms with van der Waals surface area (Å²) < 4.78 is 0. The van der Waals surface area contributed by atoms with Crippen LogP contribution in [-0.2, 0) is 11.5 Å². The van der Waals surface area contributed by atoms with E-state index in [2.05, 4.69) is 17.9 Å². The van der Waals surface area contributed by atoms with Crippen molar-refractivity contribution in [2.24, 2.45) is 0 Å². The van der Waals surface area contributed by atoms with Gasteiger partial charge in [0.05, 0.1) is 13.1 Å². The van der Waals surface area contributed by atoms with Crippen molar-refractivity contribution in [1.29, 1.82) is 0 Å². The van der Waals surface area contributed by atoms with Gasteiger partial charge < -0.3 is 4.90 Å². The van der Waals surface area contributed by atoms with E-state index < -0.39 is 0 Å². The van der Waals surface area contributed by atoms with E-state index in [1.807, 2.05) is 24.6 Å². The highest BCUT2D eigenvalue weighted by Crippen LogP contribution is 2.19. The van der Waals surface area contributed by atoms with Gasteiger partial charge in [-0.25, -0.2) is 0 Å². The molecule has 1 aromatic carbocycles. The third-order valence-electron chi connectivity index (χ3n) is 2.77. The first-order valence-corrected chi connectivity index (χ1v) is 9.22. The molecule has 1 rings (SSSR count). The molecule has 0 bridgehead atoms. The molecule has 2 nitrogen and oxygen atoms in total. The van der Waals surface area contributed by atoms with Crippen LogP contribution in [0, 0.1) is 24.7 Å². The second-order valence-electron chi connectivity index (χ2n) is 4.47. The highest BCUT2D eigenvalue weighted by atomic mass is 32.2. The number of carbonyl (C=O) groups excluding carboxylic acids is 1. The van der Waals surface area contributed by atoms with E-state index in [1.54, 1.807) is 23.5 Å². The normalized spacial score (nSPS) is 9.71. The molecule has 1 aromatic rings. The van der Waals surface area contributed by atoms with E-state index in [1.165, 1.54) is 4.90 Å². The summed E-state index contributed by atoms with van der Waals surface area (Å²) >= 11 is 3.47. The second kappa shape index (κ2) is 9.45. The van der Waals surface area contributed by atoms with Gasteiger partial charge >= 0.3 is 0 Å². The molecule has 0 heterocycles. The lowest BCUT2D eigenvalue weighted by Crippen LogP contribution is -2.31. The number of hydrogen-bond donors (Lipinski definition) is 0. The Bertz CT molecular complexity index is 529. The number of nitrogens with zero attached hydrogens (tertiary/aromatic N) is 1. The molecule has 4 heteroatoms. The first-order valence-electron chi connectivity index (χ1n) is 6.43. The minimum absolute atomic E-state index is 0.101. The molecule has 0 aliphatic carbocycles. The van der Waals surface area contributed by atoms with Crippen molar-refractivity contribution in [1.82, 2.24) is 4.90 Å². The molecule has 0 unspecified atom stereocenters. The summed E-state index contributed by atoms with van der Waals surface area (Å²) in [5.41, 5.74) is 2.97. The Labute approximate surface area is 136 Å². The predicted octanol–water partition coefficient (Wildman–Crippen LogP) is 3.12. The highest BCUT2D eigenvalue weighted by molar-refractivity contribution is 7.98. The predicted molar refractivity (Wildman–Crippen MR) is 94.4 cm³/mol. The van der Waals surface area contributed by atoms with Crippen molar-refractivity contribution in [3.8, 4) is 24.7 Å². The topological polar surface area (TPSA) is 20.3 Å². The fraction of sp³-hybridized carbons (Fsp3) is 0.353. The minimum atomic E-state index is -0.101. The third-order valence-corrected chi connectivity index (χ3v) is 4.02. The Morgan fingerprint density at radius 2 is 1.52 bits per heavy atom. The average molecular weight is 317 g/mol. The first-order chi connectivity index (χ1) is 10.2. The molecule has 110 valence electrons. The Balaban J connectivity index is 3.11. The summed E-state index contributed by atoms with van der Waals surface area (Å²) in [5, 5.41) is 0. The maximum atomic E-state index is 12.6. The Morgan fingerprint density at radius 1 is 1.05 bits per heavy atom. The molecule has 0 aliphatic heterocycles. The van der Waals surface area contributed by atoms with Crippen LogP contribution in [0.4, 0.5) is 0 Å². The van der Waals surface area contributed by atoms with Crippen LogP contribution in [0.5, 0.6) is 0 Å². The number of thioether (sulfide) groups is 2. The lowest BCUT2D eigenvalue weighted by atomic mass is 10.1. The van der Waals surface area contributed by atoms with Crippen molar-refractivity contribution < 1.29 is 4.79 Å². The molecule has 0 radical (unpaired) electrons. The standard InChI is InChI=1S/C17H19NOS2/c1-5-7-18(8-6-2)17(19)16-10-14(12-20-3)9-15(11-16)13-21-4/h1-2,9-11H,7-8,12-13H2,3-4H3. The molecule has 0 fully saturated rings. The molecule has 0 aliphatic rings. The summed E-state index contributed by atoms with van der Waals surface area (Å²) in [6.07, 6.45) is 14.7. The van der Waals surface area contributed by atoms with E-state index >= 15 is 0 Å². The lowest BCUT2D eigenvalue weighted by Gasteiger charge is -2.18. The zero-order chi connectivity index (χ0) is 15.7. The van der Waals surface area contributed by atoms with Gasteiger partial charge in [0.2, 0.25) is 0 Å². The van der Waals surface area contributed by atoms with E-state index in [0.29, 0.717) is 5.56 Å². The molecular formula is C17H19NOS2. The van der Waals surface area contributed by atoms with Crippen LogP contribution in [0.15, 0.2) is 18.2 Å². The zero-order valence-corrected chi connectivity index (χ0v) is 14.0. The van der Waals surface area contributed by atoms with Gasteiger partial charge in [0, 0.05) is 17.1 Å². The second-order valence-corrected chi connectivity index (χ2v) is 6.21. The SMILES string of the molecule is C#CCN(CC#C)C(=O)c1cc(CSC)cc(CSC)c1. The fourth-order valence-corrected chi connectivity index (χ4v) is 2.99.